The first-order valence-electron chi connectivity index (χ1n) is 6.30. The Bertz CT molecular complexity index is 650. The second-order valence-electron chi connectivity index (χ2n) is 4.35. The van der Waals surface area contributed by atoms with E-state index in [1.54, 1.807) is 6.07 Å². The van der Waals surface area contributed by atoms with Crippen molar-refractivity contribution in [1.82, 2.24) is 10.2 Å². The highest BCUT2D eigenvalue weighted by atomic mass is 35.5. The maximum atomic E-state index is 12.2. The van der Waals surface area contributed by atoms with Gasteiger partial charge < -0.3 is 10.4 Å². The molecule has 0 saturated heterocycles. The number of aromatic nitrogens is 2. The lowest BCUT2D eigenvalue weighted by atomic mass is 10.1. The topological polar surface area (TPSA) is 75.1 Å². The first kappa shape index (κ1) is 15.7. The van der Waals surface area contributed by atoms with E-state index in [1.807, 2.05) is 18.2 Å². The zero-order chi connectivity index (χ0) is 15.2. The molecule has 1 aromatic carbocycles. The van der Waals surface area contributed by atoms with Gasteiger partial charge in [-0.2, -0.15) is 0 Å². The molecular weight excluding hydrogens is 313 g/mol. The van der Waals surface area contributed by atoms with Gasteiger partial charge in [0.15, 0.2) is 10.3 Å². The van der Waals surface area contributed by atoms with Crippen LogP contribution in [0.3, 0.4) is 0 Å². The van der Waals surface area contributed by atoms with Crippen LogP contribution in [0.5, 0.6) is 0 Å². The van der Waals surface area contributed by atoms with Crippen LogP contribution in [0, 0.1) is 0 Å². The fourth-order valence-corrected chi connectivity index (χ4v) is 2.12. The highest BCUT2D eigenvalue weighted by Crippen LogP contribution is 2.18. The van der Waals surface area contributed by atoms with Crippen molar-refractivity contribution < 1.29 is 9.90 Å². The monoisotopic (exact) mass is 325 g/mol. The van der Waals surface area contributed by atoms with Gasteiger partial charge in [-0.25, -0.2) is 0 Å². The Morgan fingerprint density at radius 2 is 2.05 bits per heavy atom. The molecule has 0 unspecified atom stereocenters. The number of nitrogens with one attached hydrogen (secondary N) is 1. The molecule has 5 nitrogen and oxygen atoms in total. The van der Waals surface area contributed by atoms with Gasteiger partial charge in [0.05, 0.1) is 5.56 Å². The largest absolute Gasteiger partial charge is 0.396 e. The third-order valence-corrected chi connectivity index (χ3v) is 3.24. The highest BCUT2D eigenvalue weighted by molar-refractivity contribution is 6.34. The van der Waals surface area contributed by atoms with E-state index in [9.17, 15) is 4.79 Å². The van der Waals surface area contributed by atoms with Crippen LogP contribution in [-0.4, -0.2) is 27.8 Å². The number of carbonyl (C=O) groups excluding carboxylic acids is 1. The fraction of sp³-hybridized carbons (Fsp3) is 0.214. The summed E-state index contributed by atoms with van der Waals surface area (Å²) >= 11 is 11.5. The van der Waals surface area contributed by atoms with Crippen LogP contribution in [0.25, 0.3) is 0 Å². The second kappa shape index (κ2) is 7.36. The van der Waals surface area contributed by atoms with Gasteiger partial charge in [0.25, 0.3) is 5.91 Å². The minimum Gasteiger partial charge on any atom is -0.396 e. The SMILES string of the molecule is O=C(Nc1cccc(CCCO)c1)c1cc(Cl)nnc1Cl. The molecule has 0 aliphatic carbocycles. The first-order valence-corrected chi connectivity index (χ1v) is 7.05. The quantitative estimate of drug-likeness (QED) is 0.886. The van der Waals surface area contributed by atoms with Gasteiger partial charge in [-0.1, -0.05) is 35.3 Å². The van der Waals surface area contributed by atoms with E-state index in [2.05, 4.69) is 15.5 Å². The Hall–Kier alpha value is -1.69. The molecule has 0 fully saturated rings. The molecule has 0 aliphatic heterocycles. The molecule has 110 valence electrons. The van der Waals surface area contributed by atoms with E-state index in [0.29, 0.717) is 12.1 Å². The number of hydrogen-bond acceptors (Lipinski definition) is 4. The summed E-state index contributed by atoms with van der Waals surface area (Å²) in [7, 11) is 0. The minimum absolute atomic E-state index is 0.00617. The number of halogens is 2. The van der Waals surface area contributed by atoms with Crippen molar-refractivity contribution in [3.63, 3.8) is 0 Å². The molecule has 0 saturated carbocycles. The van der Waals surface area contributed by atoms with Crippen LogP contribution >= 0.6 is 23.2 Å². The Labute approximate surface area is 131 Å². The van der Waals surface area contributed by atoms with Crippen LogP contribution in [0.1, 0.15) is 22.3 Å². The number of nitrogens with zero attached hydrogens (tertiary/aromatic N) is 2. The smallest absolute Gasteiger partial charge is 0.258 e. The standard InChI is InChI=1S/C14H13Cl2N3O2/c15-12-8-11(13(16)19-18-12)14(21)17-10-5-1-3-9(7-10)4-2-6-20/h1,3,5,7-8,20H,2,4,6H2,(H,17,21). The predicted octanol–water partition coefficient (Wildman–Crippen LogP) is 2.96. The van der Waals surface area contributed by atoms with Gasteiger partial charge >= 0.3 is 0 Å². The lowest BCUT2D eigenvalue weighted by molar-refractivity contribution is 0.102. The summed E-state index contributed by atoms with van der Waals surface area (Å²) in [5, 5.41) is 18.8. The maximum absolute atomic E-state index is 12.2. The molecule has 2 aromatic rings. The highest BCUT2D eigenvalue weighted by Gasteiger charge is 2.13. The lowest BCUT2D eigenvalue weighted by Crippen LogP contribution is -2.13. The molecule has 1 aromatic heterocycles. The molecule has 1 heterocycles. The van der Waals surface area contributed by atoms with Crippen molar-refractivity contribution in [3.05, 3.63) is 51.8 Å². The summed E-state index contributed by atoms with van der Waals surface area (Å²) in [5.74, 6) is -0.406. The number of aliphatic hydroxyl groups excluding tert-OH is 1. The number of amides is 1. The number of aliphatic hydroxyl groups is 1. The molecule has 0 aliphatic rings. The first-order chi connectivity index (χ1) is 10.1. The Balaban J connectivity index is 2.14. The summed E-state index contributed by atoms with van der Waals surface area (Å²) in [6.07, 6.45) is 1.41. The van der Waals surface area contributed by atoms with Crippen molar-refractivity contribution in [2.45, 2.75) is 12.8 Å². The van der Waals surface area contributed by atoms with Gasteiger partial charge in [-0.05, 0) is 36.6 Å². The Morgan fingerprint density at radius 1 is 1.24 bits per heavy atom. The molecule has 0 atom stereocenters. The Kier molecular flexibility index (Phi) is 5.50. The zero-order valence-electron chi connectivity index (χ0n) is 11.0. The summed E-state index contributed by atoms with van der Waals surface area (Å²) in [6, 6.07) is 8.74. The van der Waals surface area contributed by atoms with E-state index in [-0.39, 0.29) is 22.5 Å². The van der Waals surface area contributed by atoms with Gasteiger partial charge in [0, 0.05) is 12.3 Å². The summed E-state index contributed by atoms with van der Waals surface area (Å²) in [6.45, 7) is 0.132. The summed E-state index contributed by atoms with van der Waals surface area (Å²) in [4.78, 5) is 12.2. The number of rotatable bonds is 5. The van der Waals surface area contributed by atoms with Gasteiger partial charge in [0.1, 0.15) is 0 Å². The fourth-order valence-electron chi connectivity index (χ4n) is 1.80. The summed E-state index contributed by atoms with van der Waals surface area (Å²) < 4.78 is 0. The van der Waals surface area contributed by atoms with Crippen molar-refractivity contribution in [1.29, 1.82) is 0 Å². The minimum atomic E-state index is -0.406. The van der Waals surface area contributed by atoms with Crippen molar-refractivity contribution in [2.75, 3.05) is 11.9 Å². The third kappa shape index (κ3) is 4.39. The van der Waals surface area contributed by atoms with Crippen LogP contribution in [0.4, 0.5) is 5.69 Å². The van der Waals surface area contributed by atoms with Crippen LogP contribution < -0.4 is 5.32 Å². The van der Waals surface area contributed by atoms with E-state index >= 15 is 0 Å². The lowest BCUT2D eigenvalue weighted by Gasteiger charge is -2.08. The molecular formula is C14H13Cl2N3O2. The van der Waals surface area contributed by atoms with E-state index in [0.717, 1.165) is 12.0 Å². The number of carbonyl (C=O) groups is 1. The molecule has 2 N–H and O–H groups in total. The van der Waals surface area contributed by atoms with E-state index in [1.165, 1.54) is 6.07 Å². The van der Waals surface area contributed by atoms with Crippen LogP contribution in [0.15, 0.2) is 30.3 Å². The molecule has 21 heavy (non-hydrogen) atoms. The van der Waals surface area contributed by atoms with Crippen LogP contribution in [0.2, 0.25) is 10.3 Å². The molecule has 2 rings (SSSR count). The molecule has 0 bridgehead atoms. The molecule has 0 radical (unpaired) electrons. The van der Waals surface area contributed by atoms with Gasteiger partial charge in [-0.15, -0.1) is 10.2 Å². The predicted molar refractivity (Wildman–Crippen MR) is 81.9 cm³/mol. The third-order valence-electron chi connectivity index (χ3n) is 2.77. The maximum Gasteiger partial charge on any atom is 0.258 e. The summed E-state index contributed by atoms with van der Waals surface area (Å²) in [5.41, 5.74) is 1.83. The number of hydrogen-bond donors (Lipinski definition) is 2. The number of aryl methyl sites for hydroxylation is 1. The molecule has 7 heteroatoms. The molecule has 0 spiro atoms. The Morgan fingerprint density at radius 3 is 2.81 bits per heavy atom. The van der Waals surface area contributed by atoms with Gasteiger partial charge in [-0.3, -0.25) is 4.79 Å². The number of anilines is 1. The normalized spacial score (nSPS) is 10.4. The van der Waals surface area contributed by atoms with Crippen molar-refractivity contribution in [3.8, 4) is 0 Å². The van der Waals surface area contributed by atoms with Crippen LogP contribution in [-0.2, 0) is 6.42 Å². The van der Waals surface area contributed by atoms with E-state index in [4.69, 9.17) is 28.3 Å². The van der Waals surface area contributed by atoms with Crippen molar-refractivity contribution in [2.24, 2.45) is 0 Å². The van der Waals surface area contributed by atoms with Gasteiger partial charge in [0.2, 0.25) is 0 Å². The van der Waals surface area contributed by atoms with E-state index < -0.39 is 5.91 Å². The molecule has 1 amide bonds. The number of benzene rings is 1. The average molecular weight is 326 g/mol. The average Bonchev–Trinajstić information content (AvgIpc) is 2.48. The second-order valence-corrected chi connectivity index (χ2v) is 5.10. The van der Waals surface area contributed by atoms with Crippen molar-refractivity contribution >= 4 is 34.8 Å². The zero-order valence-corrected chi connectivity index (χ0v) is 12.5.